The number of ketones is 1. The van der Waals surface area contributed by atoms with Gasteiger partial charge in [-0.3, -0.25) is 24.0 Å². The number of benzene rings is 1. The summed E-state index contributed by atoms with van der Waals surface area (Å²) < 4.78 is 0. The standard InChI is InChI=1S/C37H44ClN5O6/c1-21-18-30(32(39)45)43-28(21)10-8-23-13-17-40(31(23)35(43)48)34(47)29-11-9-26-12-15-37(36(49)42(26)29)14-5-16-41(37)33(46)25(19-22(2)44)20-24-6-3-4-7-27(24)38/h3-4,6-8,10,12,15,21,23,25-26,28-31H,5,9,11,13-14,16-20H2,1-2H3,(H2,39,45)/t21-,23+,25+,26+,28+,29+,30+,31+,37-/m1/s1. The van der Waals surface area contributed by atoms with E-state index in [-0.39, 0.29) is 66.2 Å². The molecule has 0 bridgehead atoms. The lowest BCUT2D eigenvalue weighted by Crippen LogP contribution is -2.64. The number of amides is 5. The Balaban J connectivity index is 1.14. The monoisotopic (exact) mass is 689 g/mol. The van der Waals surface area contributed by atoms with Crippen LogP contribution in [0.4, 0.5) is 0 Å². The van der Waals surface area contributed by atoms with Crippen molar-refractivity contribution >= 4 is 46.9 Å². The Labute approximate surface area is 291 Å². The van der Waals surface area contributed by atoms with Crippen LogP contribution in [0.5, 0.6) is 0 Å². The highest BCUT2D eigenvalue weighted by molar-refractivity contribution is 6.31. The summed E-state index contributed by atoms with van der Waals surface area (Å²) in [4.78, 5) is 89.0. The number of hydrogen-bond acceptors (Lipinski definition) is 6. The van der Waals surface area contributed by atoms with Gasteiger partial charge in [0, 0.05) is 36.4 Å². The number of Topliss-reactive ketones (excluding diaryl/α,β-unsaturated/α-hetero) is 1. The van der Waals surface area contributed by atoms with Crippen LogP contribution in [-0.4, -0.2) is 104 Å². The number of rotatable bonds is 7. The number of halogens is 1. The van der Waals surface area contributed by atoms with Gasteiger partial charge < -0.3 is 30.1 Å². The number of likely N-dealkylation sites (tertiary alicyclic amines) is 2. The van der Waals surface area contributed by atoms with Crippen LogP contribution in [0, 0.1) is 17.8 Å². The second-order valence-corrected chi connectivity index (χ2v) is 15.2. The van der Waals surface area contributed by atoms with E-state index in [2.05, 4.69) is 0 Å². The molecular formula is C37H44ClN5O6. The fourth-order valence-corrected chi connectivity index (χ4v) is 9.73. The lowest BCUT2D eigenvalue weighted by molar-refractivity contribution is -0.158. The third-order valence-electron chi connectivity index (χ3n) is 11.9. The van der Waals surface area contributed by atoms with Crippen LogP contribution in [0.2, 0.25) is 5.02 Å². The maximum absolute atomic E-state index is 14.7. The van der Waals surface area contributed by atoms with Gasteiger partial charge in [-0.05, 0) is 69.4 Å². The van der Waals surface area contributed by atoms with Crippen molar-refractivity contribution in [1.29, 1.82) is 0 Å². The zero-order valence-corrected chi connectivity index (χ0v) is 28.8. The van der Waals surface area contributed by atoms with Gasteiger partial charge in [0.2, 0.25) is 23.6 Å². The molecule has 9 atom stereocenters. The lowest BCUT2D eigenvalue weighted by Gasteiger charge is -2.45. The molecule has 0 radical (unpaired) electrons. The van der Waals surface area contributed by atoms with Gasteiger partial charge in [-0.1, -0.05) is 61.0 Å². The van der Waals surface area contributed by atoms with Crippen LogP contribution in [0.25, 0.3) is 0 Å². The summed E-state index contributed by atoms with van der Waals surface area (Å²) in [5.41, 5.74) is 5.24. The number of fused-ring (bicyclic) bond motifs is 3. The van der Waals surface area contributed by atoms with Gasteiger partial charge >= 0.3 is 0 Å². The van der Waals surface area contributed by atoms with Crippen molar-refractivity contribution in [3.05, 3.63) is 59.2 Å². The molecular weight excluding hydrogens is 646 g/mol. The largest absolute Gasteiger partial charge is 0.368 e. The van der Waals surface area contributed by atoms with E-state index >= 15 is 0 Å². The molecule has 0 aromatic heterocycles. The van der Waals surface area contributed by atoms with Gasteiger partial charge in [0.1, 0.15) is 29.4 Å². The van der Waals surface area contributed by atoms with E-state index in [9.17, 15) is 28.8 Å². The summed E-state index contributed by atoms with van der Waals surface area (Å²) in [5.74, 6) is -2.61. The van der Waals surface area contributed by atoms with Crippen molar-refractivity contribution in [1.82, 2.24) is 19.6 Å². The average Bonchev–Trinajstić information content (AvgIpc) is 3.84. The fraction of sp³-hybridized carbons (Fsp3) is 0.568. The first-order valence-electron chi connectivity index (χ1n) is 17.6. The Kier molecular flexibility index (Phi) is 8.70. The zero-order chi connectivity index (χ0) is 34.8. The van der Waals surface area contributed by atoms with Gasteiger partial charge in [-0.2, -0.15) is 0 Å². The minimum absolute atomic E-state index is 0.0231. The third kappa shape index (κ3) is 5.48. The zero-order valence-electron chi connectivity index (χ0n) is 28.0. The molecule has 6 aliphatic rings. The van der Waals surface area contributed by atoms with Crippen molar-refractivity contribution in [3.63, 3.8) is 0 Å². The predicted octanol–water partition coefficient (Wildman–Crippen LogP) is 2.65. The molecule has 49 heavy (non-hydrogen) atoms. The van der Waals surface area contributed by atoms with Gasteiger partial charge in [0.25, 0.3) is 5.91 Å². The molecule has 0 unspecified atom stereocenters. The van der Waals surface area contributed by atoms with E-state index < -0.39 is 35.5 Å². The Hall–Kier alpha value is -3.99. The van der Waals surface area contributed by atoms with Crippen LogP contribution >= 0.6 is 11.6 Å². The fourth-order valence-electron chi connectivity index (χ4n) is 9.52. The van der Waals surface area contributed by atoms with Gasteiger partial charge in [-0.15, -0.1) is 0 Å². The first-order chi connectivity index (χ1) is 23.4. The number of nitrogens with zero attached hydrogens (tertiary/aromatic N) is 4. The second kappa shape index (κ2) is 12.7. The molecule has 260 valence electrons. The summed E-state index contributed by atoms with van der Waals surface area (Å²) in [6.07, 6.45) is 11.2. The highest BCUT2D eigenvalue weighted by atomic mass is 35.5. The van der Waals surface area contributed by atoms with E-state index in [1.807, 2.05) is 49.4 Å². The van der Waals surface area contributed by atoms with E-state index in [0.29, 0.717) is 56.6 Å². The van der Waals surface area contributed by atoms with E-state index in [4.69, 9.17) is 17.3 Å². The summed E-state index contributed by atoms with van der Waals surface area (Å²) >= 11 is 6.44. The first kappa shape index (κ1) is 33.5. The van der Waals surface area contributed by atoms with Crippen molar-refractivity contribution in [2.45, 2.75) is 101 Å². The average molecular weight is 690 g/mol. The predicted molar refractivity (Wildman–Crippen MR) is 181 cm³/mol. The topological polar surface area (TPSA) is 141 Å². The maximum Gasteiger partial charge on any atom is 0.253 e. The molecule has 4 fully saturated rings. The molecule has 0 saturated carbocycles. The Morgan fingerprint density at radius 3 is 2.51 bits per heavy atom. The van der Waals surface area contributed by atoms with Crippen LogP contribution in [-0.2, 0) is 35.2 Å². The number of primary amides is 1. The second-order valence-electron chi connectivity index (χ2n) is 14.8. The van der Waals surface area contributed by atoms with Gasteiger partial charge in [-0.25, -0.2) is 0 Å². The molecule has 11 nitrogen and oxygen atoms in total. The number of hydrogen-bond donors (Lipinski definition) is 1. The van der Waals surface area contributed by atoms with Crippen LogP contribution in [0.1, 0.15) is 64.4 Å². The molecule has 12 heteroatoms. The van der Waals surface area contributed by atoms with Crippen LogP contribution < -0.4 is 5.73 Å². The van der Waals surface area contributed by atoms with E-state index in [1.54, 1.807) is 25.7 Å². The quantitative estimate of drug-likeness (QED) is 0.437. The third-order valence-corrected chi connectivity index (χ3v) is 12.2. The molecule has 6 aliphatic heterocycles. The normalized spacial score (nSPS) is 33.9. The molecule has 7 rings (SSSR count). The smallest absolute Gasteiger partial charge is 0.253 e. The molecule has 6 heterocycles. The highest BCUT2D eigenvalue weighted by Gasteiger charge is 2.59. The van der Waals surface area contributed by atoms with Crippen LogP contribution in [0.15, 0.2) is 48.6 Å². The molecule has 0 aliphatic carbocycles. The summed E-state index contributed by atoms with van der Waals surface area (Å²) in [5, 5.41) is 0.515. The summed E-state index contributed by atoms with van der Waals surface area (Å²) in [6, 6.07) is 4.41. The Bertz CT molecular complexity index is 1660. The number of nitrogens with two attached hydrogens (primary N) is 1. The molecule has 5 amide bonds. The minimum Gasteiger partial charge on any atom is -0.368 e. The first-order valence-corrected chi connectivity index (χ1v) is 18.0. The minimum atomic E-state index is -1.26. The van der Waals surface area contributed by atoms with Crippen molar-refractivity contribution in [2.75, 3.05) is 13.1 Å². The molecule has 1 aromatic rings. The van der Waals surface area contributed by atoms with Gasteiger partial charge in [0.15, 0.2) is 0 Å². The van der Waals surface area contributed by atoms with Crippen molar-refractivity contribution in [3.8, 4) is 0 Å². The Morgan fingerprint density at radius 2 is 1.78 bits per heavy atom. The highest BCUT2D eigenvalue weighted by Crippen LogP contribution is 2.44. The molecule has 2 N–H and O–H groups in total. The lowest BCUT2D eigenvalue weighted by atomic mass is 9.86. The van der Waals surface area contributed by atoms with E-state index in [1.165, 1.54) is 6.92 Å². The molecule has 1 aromatic carbocycles. The van der Waals surface area contributed by atoms with Crippen molar-refractivity contribution < 1.29 is 28.8 Å². The van der Waals surface area contributed by atoms with Gasteiger partial charge in [0.05, 0.1) is 12.1 Å². The summed E-state index contributed by atoms with van der Waals surface area (Å²) in [7, 11) is 0. The van der Waals surface area contributed by atoms with E-state index in [0.717, 1.165) is 5.56 Å². The number of carbonyl (C=O) groups is 6. The Morgan fingerprint density at radius 1 is 1.00 bits per heavy atom. The number of carbonyl (C=O) groups excluding carboxylic acids is 6. The molecule has 1 spiro atoms. The SMILES string of the molecule is CC(=O)C[C@@H](Cc1ccccc1Cl)C(=O)N1CCC[C@]12C=C[C@@H]1CC[C@@H](C(=O)N3CC[C@@H]4C=C[C@H]5[C@H](C)C[C@@H](C(N)=O)N5C(=O)[C@H]43)N1C2=O. The summed E-state index contributed by atoms with van der Waals surface area (Å²) in [6.45, 7) is 4.18. The van der Waals surface area contributed by atoms with Crippen LogP contribution in [0.3, 0.4) is 0 Å². The maximum atomic E-state index is 14.7. The van der Waals surface area contributed by atoms with Crippen molar-refractivity contribution in [2.24, 2.45) is 23.5 Å². The molecule has 4 saturated heterocycles.